The minimum Gasteiger partial charge on any atom is -0.338 e. The number of halogens is 1. The van der Waals surface area contributed by atoms with Crippen molar-refractivity contribution in [2.75, 3.05) is 11.9 Å². The van der Waals surface area contributed by atoms with Gasteiger partial charge in [0.1, 0.15) is 5.82 Å². The van der Waals surface area contributed by atoms with E-state index in [4.69, 9.17) is 0 Å². The molecular weight excluding hydrogens is 395 g/mol. The van der Waals surface area contributed by atoms with Gasteiger partial charge in [0, 0.05) is 30.8 Å². The van der Waals surface area contributed by atoms with E-state index in [0.717, 1.165) is 6.42 Å². The number of hydrogen-bond acceptors (Lipinski definition) is 6. The second-order valence-electron chi connectivity index (χ2n) is 6.78. The zero-order chi connectivity index (χ0) is 20.4. The van der Waals surface area contributed by atoms with E-state index in [-0.39, 0.29) is 24.4 Å². The molecule has 4 rings (SSSR count). The molecule has 0 fully saturated rings. The van der Waals surface area contributed by atoms with Crippen molar-refractivity contribution in [1.82, 2.24) is 25.1 Å². The molecule has 0 unspecified atom stereocenters. The van der Waals surface area contributed by atoms with E-state index >= 15 is 0 Å². The van der Waals surface area contributed by atoms with Crippen LogP contribution in [-0.2, 0) is 22.6 Å². The van der Waals surface area contributed by atoms with Crippen LogP contribution in [0.25, 0.3) is 5.69 Å². The maximum atomic E-state index is 14.1. The summed E-state index contributed by atoms with van der Waals surface area (Å²) in [7, 11) is 0. The normalized spacial score (nSPS) is 13.2. The van der Waals surface area contributed by atoms with Gasteiger partial charge in [-0.25, -0.2) is 4.39 Å². The number of amides is 2. The molecule has 150 valence electrons. The van der Waals surface area contributed by atoms with E-state index in [1.54, 1.807) is 23.2 Å². The molecular formula is C19H19FN6O2S. The summed E-state index contributed by atoms with van der Waals surface area (Å²) >= 11 is 1.71. The van der Waals surface area contributed by atoms with Crippen molar-refractivity contribution < 1.29 is 14.0 Å². The minimum absolute atomic E-state index is 0.0145. The van der Waals surface area contributed by atoms with Crippen LogP contribution in [0, 0.1) is 12.7 Å². The van der Waals surface area contributed by atoms with Gasteiger partial charge in [-0.2, -0.15) is 4.68 Å². The van der Waals surface area contributed by atoms with Gasteiger partial charge in [0.25, 0.3) is 0 Å². The van der Waals surface area contributed by atoms with Crippen LogP contribution in [-0.4, -0.2) is 43.5 Å². The van der Waals surface area contributed by atoms with Crippen molar-refractivity contribution in [3.8, 4) is 5.69 Å². The lowest BCUT2D eigenvalue weighted by atomic mass is 10.1. The van der Waals surface area contributed by atoms with Crippen LogP contribution in [0.4, 0.5) is 10.1 Å². The molecule has 0 bridgehead atoms. The Kier molecular flexibility index (Phi) is 5.34. The molecule has 2 amide bonds. The number of fused-ring (bicyclic) bond motifs is 1. The molecule has 0 saturated carbocycles. The van der Waals surface area contributed by atoms with Crippen LogP contribution in [0.5, 0.6) is 0 Å². The Labute approximate surface area is 170 Å². The number of thiophene rings is 1. The first-order valence-electron chi connectivity index (χ1n) is 9.19. The predicted octanol–water partition coefficient (Wildman–Crippen LogP) is 2.47. The SMILES string of the molecule is Cc1nnnn1-c1ccc(F)c(NC(=O)CCC(=O)N2CCc3sccc3C2)c1. The number of hydrogen-bond donors (Lipinski definition) is 1. The molecule has 2 aromatic heterocycles. The second-order valence-corrected chi connectivity index (χ2v) is 7.79. The third-order valence-electron chi connectivity index (χ3n) is 4.82. The number of aromatic nitrogens is 4. The predicted molar refractivity (Wildman–Crippen MR) is 105 cm³/mol. The average Bonchev–Trinajstić information content (AvgIpc) is 3.36. The minimum atomic E-state index is -0.569. The fourth-order valence-corrected chi connectivity index (χ4v) is 4.15. The number of carbonyl (C=O) groups is 2. The van der Waals surface area contributed by atoms with Gasteiger partial charge in [0.15, 0.2) is 5.82 Å². The zero-order valence-electron chi connectivity index (χ0n) is 15.8. The van der Waals surface area contributed by atoms with Gasteiger partial charge >= 0.3 is 0 Å². The van der Waals surface area contributed by atoms with Crippen molar-refractivity contribution in [2.24, 2.45) is 0 Å². The van der Waals surface area contributed by atoms with E-state index in [2.05, 4.69) is 20.8 Å². The Morgan fingerprint density at radius 1 is 1.28 bits per heavy atom. The summed E-state index contributed by atoms with van der Waals surface area (Å²) in [6.07, 6.45) is 0.914. The molecule has 0 radical (unpaired) electrons. The maximum Gasteiger partial charge on any atom is 0.224 e. The summed E-state index contributed by atoms with van der Waals surface area (Å²) < 4.78 is 15.6. The summed E-state index contributed by atoms with van der Waals surface area (Å²) in [5, 5.41) is 15.7. The average molecular weight is 414 g/mol. The van der Waals surface area contributed by atoms with E-state index < -0.39 is 11.7 Å². The van der Waals surface area contributed by atoms with Crippen LogP contribution in [0.3, 0.4) is 0 Å². The first-order chi connectivity index (χ1) is 14.0. The number of benzene rings is 1. The third-order valence-corrected chi connectivity index (χ3v) is 5.84. The van der Waals surface area contributed by atoms with Crippen molar-refractivity contribution >= 4 is 28.8 Å². The molecule has 0 spiro atoms. The first kappa shape index (κ1) is 19.2. The summed E-state index contributed by atoms with van der Waals surface area (Å²) in [5.41, 5.74) is 1.73. The van der Waals surface area contributed by atoms with Crippen molar-refractivity contribution in [3.05, 3.63) is 51.7 Å². The molecule has 10 heteroatoms. The highest BCUT2D eigenvalue weighted by molar-refractivity contribution is 7.10. The Hall–Kier alpha value is -3.14. The number of rotatable bonds is 5. The molecule has 3 heterocycles. The van der Waals surface area contributed by atoms with E-state index in [1.807, 2.05) is 11.4 Å². The highest BCUT2D eigenvalue weighted by Gasteiger charge is 2.22. The Balaban J connectivity index is 1.35. The second kappa shape index (κ2) is 8.08. The first-order valence-corrected chi connectivity index (χ1v) is 10.1. The van der Waals surface area contributed by atoms with Gasteiger partial charge in [0.2, 0.25) is 11.8 Å². The van der Waals surface area contributed by atoms with Gasteiger partial charge in [-0.1, -0.05) is 0 Å². The highest BCUT2D eigenvalue weighted by atomic mass is 32.1. The molecule has 0 atom stereocenters. The largest absolute Gasteiger partial charge is 0.338 e. The Bertz CT molecular complexity index is 1060. The molecule has 1 aliphatic rings. The van der Waals surface area contributed by atoms with Crippen molar-refractivity contribution in [2.45, 2.75) is 32.7 Å². The van der Waals surface area contributed by atoms with Crippen LogP contribution < -0.4 is 5.32 Å². The van der Waals surface area contributed by atoms with Crippen LogP contribution >= 0.6 is 11.3 Å². The lowest BCUT2D eigenvalue weighted by molar-refractivity contribution is -0.133. The van der Waals surface area contributed by atoms with Gasteiger partial charge in [-0.3, -0.25) is 9.59 Å². The fourth-order valence-electron chi connectivity index (χ4n) is 3.26. The van der Waals surface area contributed by atoms with E-state index in [0.29, 0.717) is 24.6 Å². The standard InChI is InChI=1S/C19H19FN6O2S/c1-12-22-23-24-26(12)14-2-3-15(20)16(10-14)21-18(27)4-5-19(28)25-8-6-17-13(11-25)7-9-29-17/h2-3,7,9-10H,4-6,8,11H2,1H3,(H,21,27). The molecule has 3 aromatic rings. The van der Waals surface area contributed by atoms with E-state index in [9.17, 15) is 14.0 Å². The van der Waals surface area contributed by atoms with Gasteiger partial charge < -0.3 is 10.2 Å². The Morgan fingerprint density at radius 2 is 2.14 bits per heavy atom. The lowest BCUT2D eigenvalue weighted by Gasteiger charge is -2.27. The third kappa shape index (κ3) is 4.16. The number of nitrogens with one attached hydrogen (secondary N) is 1. The van der Waals surface area contributed by atoms with Crippen LogP contribution in [0.1, 0.15) is 29.1 Å². The van der Waals surface area contributed by atoms with Crippen LogP contribution in [0.15, 0.2) is 29.6 Å². The zero-order valence-corrected chi connectivity index (χ0v) is 16.6. The quantitative estimate of drug-likeness (QED) is 0.692. The van der Waals surface area contributed by atoms with E-state index in [1.165, 1.54) is 33.3 Å². The molecule has 0 saturated heterocycles. The molecule has 1 aromatic carbocycles. The van der Waals surface area contributed by atoms with Gasteiger partial charge in [0.05, 0.1) is 11.4 Å². The monoisotopic (exact) mass is 414 g/mol. The highest BCUT2D eigenvalue weighted by Crippen LogP contribution is 2.24. The number of tetrazole rings is 1. The molecule has 1 N–H and O–H groups in total. The number of anilines is 1. The molecule has 0 aliphatic carbocycles. The Morgan fingerprint density at radius 3 is 2.93 bits per heavy atom. The molecule has 1 aliphatic heterocycles. The lowest BCUT2D eigenvalue weighted by Crippen LogP contribution is -2.35. The topological polar surface area (TPSA) is 93.0 Å². The van der Waals surface area contributed by atoms with Crippen molar-refractivity contribution in [1.29, 1.82) is 0 Å². The van der Waals surface area contributed by atoms with Crippen molar-refractivity contribution in [3.63, 3.8) is 0 Å². The smallest absolute Gasteiger partial charge is 0.224 e. The summed E-state index contributed by atoms with van der Waals surface area (Å²) in [6, 6.07) is 6.26. The number of aryl methyl sites for hydroxylation is 1. The molecule has 8 nitrogen and oxygen atoms in total. The summed E-state index contributed by atoms with van der Waals surface area (Å²) in [4.78, 5) is 27.8. The fraction of sp³-hybridized carbons (Fsp3) is 0.316. The summed E-state index contributed by atoms with van der Waals surface area (Å²) in [6.45, 7) is 2.96. The van der Waals surface area contributed by atoms with Gasteiger partial charge in [-0.05, 0) is 59.0 Å². The van der Waals surface area contributed by atoms with Gasteiger partial charge in [-0.15, -0.1) is 16.4 Å². The number of carbonyl (C=O) groups excluding carboxylic acids is 2. The maximum absolute atomic E-state index is 14.1. The number of nitrogens with zero attached hydrogens (tertiary/aromatic N) is 5. The summed E-state index contributed by atoms with van der Waals surface area (Å²) in [5.74, 6) is -0.526. The van der Waals surface area contributed by atoms with Crippen LogP contribution in [0.2, 0.25) is 0 Å². The molecule has 29 heavy (non-hydrogen) atoms.